The van der Waals surface area contributed by atoms with Gasteiger partial charge < -0.3 is 0 Å². The Morgan fingerprint density at radius 2 is 1.83 bits per heavy atom. The summed E-state index contributed by atoms with van der Waals surface area (Å²) in [5.41, 5.74) is 0.749. The van der Waals surface area contributed by atoms with Gasteiger partial charge >= 0.3 is 0 Å². The number of aryl methyl sites for hydroxylation is 1. The van der Waals surface area contributed by atoms with Gasteiger partial charge in [0.15, 0.2) is 5.78 Å². The second-order valence-corrected chi connectivity index (χ2v) is 3.90. The average molecular weight is 247 g/mol. The standard InChI is InChI=1S/C14H11F2NO/c15-11-2-3-13(16)12(9-11)14(18)4-1-10-5-7-17-8-6-10/h2-3,5-9H,1,4H2. The van der Waals surface area contributed by atoms with Crippen molar-refractivity contribution in [3.8, 4) is 0 Å². The van der Waals surface area contributed by atoms with Crippen LogP contribution in [0, 0.1) is 11.6 Å². The van der Waals surface area contributed by atoms with Gasteiger partial charge in [-0.05, 0) is 42.3 Å². The zero-order valence-corrected chi connectivity index (χ0v) is 9.57. The Kier molecular flexibility index (Phi) is 3.77. The highest BCUT2D eigenvalue weighted by Crippen LogP contribution is 2.13. The number of pyridine rings is 1. The van der Waals surface area contributed by atoms with E-state index in [0.717, 1.165) is 23.8 Å². The summed E-state index contributed by atoms with van der Waals surface area (Å²) in [7, 11) is 0. The molecule has 18 heavy (non-hydrogen) atoms. The number of aromatic nitrogens is 1. The number of hydrogen-bond donors (Lipinski definition) is 0. The molecule has 0 aliphatic heterocycles. The van der Waals surface area contributed by atoms with Crippen molar-refractivity contribution in [1.82, 2.24) is 4.98 Å². The van der Waals surface area contributed by atoms with Gasteiger partial charge in [0.1, 0.15) is 11.6 Å². The highest BCUT2D eigenvalue weighted by Gasteiger charge is 2.12. The van der Waals surface area contributed by atoms with E-state index < -0.39 is 17.4 Å². The van der Waals surface area contributed by atoms with Gasteiger partial charge in [-0.2, -0.15) is 0 Å². The van der Waals surface area contributed by atoms with Gasteiger partial charge in [0.25, 0.3) is 0 Å². The van der Waals surface area contributed by atoms with E-state index in [2.05, 4.69) is 4.98 Å². The highest BCUT2D eigenvalue weighted by molar-refractivity contribution is 5.96. The van der Waals surface area contributed by atoms with Gasteiger partial charge in [0.05, 0.1) is 5.56 Å². The second kappa shape index (κ2) is 5.49. The van der Waals surface area contributed by atoms with Gasteiger partial charge in [0, 0.05) is 18.8 Å². The van der Waals surface area contributed by atoms with Gasteiger partial charge in [-0.25, -0.2) is 8.78 Å². The predicted octanol–water partition coefficient (Wildman–Crippen LogP) is 3.18. The lowest BCUT2D eigenvalue weighted by Crippen LogP contribution is -2.04. The Hall–Kier alpha value is -2.10. The molecule has 0 N–H and O–H groups in total. The molecule has 2 aromatic rings. The Morgan fingerprint density at radius 3 is 2.56 bits per heavy atom. The lowest BCUT2D eigenvalue weighted by atomic mass is 10.0. The summed E-state index contributed by atoms with van der Waals surface area (Å²) in [6.45, 7) is 0. The first-order chi connectivity index (χ1) is 8.66. The van der Waals surface area contributed by atoms with Crippen molar-refractivity contribution in [2.75, 3.05) is 0 Å². The van der Waals surface area contributed by atoms with Gasteiger partial charge in [-0.3, -0.25) is 9.78 Å². The van der Waals surface area contributed by atoms with Gasteiger partial charge in [0.2, 0.25) is 0 Å². The van der Waals surface area contributed by atoms with E-state index in [-0.39, 0.29) is 12.0 Å². The maximum Gasteiger partial charge on any atom is 0.166 e. The lowest BCUT2D eigenvalue weighted by Gasteiger charge is -2.03. The van der Waals surface area contributed by atoms with Crippen LogP contribution in [0.3, 0.4) is 0 Å². The first-order valence-corrected chi connectivity index (χ1v) is 5.54. The summed E-state index contributed by atoms with van der Waals surface area (Å²) in [6.07, 6.45) is 3.88. The smallest absolute Gasteiger partial charge is 0.166 e. The molecule has 1 aromatic heterocycles. The van der Waals surface area contributed by atoms with Gasteiger partial charge in [-0.15, -0.1) is 0 Å². The Bertz CT molecular complexity index is 555. The second-order valence-electron chi connectivity index (χ2n) is 3.90. The number of carbonyl (C=O) groups is 1. The van der Waals surface area contributed by atoms with Crippen molar-refractivity contribution in [3.63, 3.8) is 0 Å². The van der Waals surface area contributed by atoms with Gasteiger partial charge in [-0.1, -0.05) is 0 Å². The van der Waals surface area contributed by atoms with Crippen LogP contribution in [0.1, 0.15) is 22.3 Å². The molecule has 0 unspecified atom stereocenters. The van der Waals surface area contributed by atoms with Crippen LogP contribution in [0.5, 0.6) is 0 Å². The molecular weight excluding hydrogens is 236 g/mol. The lowest BCUT2D eigenvalue weighted by molar-refractivity contribution is 0.0978. The maximum atomic E-state index is 13.3. The molecule has 0 fully saturated rings. The van der Waals surface area contributed by atoms with Crippen molar-refractivity contribution >= 4 is 5.78 Å². The van der Waals surface area contributed by atoms with Crippen molar-refractivity contribution in [2.45, 2.75) is 12.8 Å². The number of carbonyl (C=O) groups excluding carboxylic acids is 1. The van der Waals surface area contributed by atoms with Crippen LogP contribution in [0.4, 0.5) is 8.78 Å². The minimum absolute atomic E-state index is 0.143. The molecule has 1 aromatic carbocycles. The molecule has 1 heterocycles. The zero-order valence-electron chi connectivity index (χ0n) is 9.57. The van der Waals surface area contributed by atoms with E-state index in [9.17, 15) is 13.6 Å². The van der Waals surface area contributed by atoms with Crippen LogP contribution in [0.15, 0.2) is 42.7 Å². The maximum absolute atomic E-state index is 13.3. The van der Waals surface area contributed by atoms with Crippen molar-refractivity contribution in [1.29, 1.82) is 0 Å². The zero-order chi connectivity index (χ0) is 13.0. The molecule has 0 spiro atoms. The molecule has 0 saturated carbocycles. The summed E-state index contributed by atoms with van der Waals surface area (Å²) >= 11 is 0. The Labute approximate surface area is 103 Å². The molecule has 0 amide bonds. The third kappa shape index (κ3) is 2.97. The SMILES string of the molecule is O=C(CCc1ccncc1)c1cc(F)ccc1F. The molecule has 0 saturated heterocycles. The number of Topliss-reactive ketones (excluding diaryl/α,β-unsaturated/α-hetero) is 1. The fourth-order valence-corrected chi connectivity index (χ4v) is 1.65. The molecule has 4 heteroatoms. The monoisotopic (exact) mass is 247 g/mol. The first-order valence-electron chi connectivity index (χ1n) is 5.54. The summed E-state index contributed by atoms with van der Waals surface area (Å²) < 4.78 is 26.3. The van der Waals surface area contributed by atoms with Crippen molar-refractivity contribution < 1.29 is 13.6 Å². The molecule has 0 radical (unpaired) electrons. The topological polar surface area (TPSA) is 30.0 Å². The van der Waals surface area contributed by atoms with Crippen LogP contribution < -0.4 is 0 Å². The molecule has 2 nitrogen and oxygen atoms in total. The fraction of sp³-hybridized carbons (Fsp3) is 0.143. The quantitative estimate of drug-likeness (QED) is 0.777. The molecular formula is C14H11F2NO. The molecule has 92 valence electrons. The number of hydrogen-bond acceptors (Lipinski definition) is 2. The molecule has 0 atom stereocenters. The van der Waals surface area contributed by atoms with E-state index >= 15 is 0 Å². The Morgan fingerprint density at radius 1 is 1.11 bits per heavy atom. The molecule has 0 aliphatic rings. The normalized spacial score (nSPS) is 10.3. The number of halogens is 2. The molecule has 0 aliphatic carbocycles. The fourth-order valence-electron chi connectivity index (χ4n) is 1.65. The summed E-state index contributed by atoms with van der Waals surface area (Å²) in [6, 6.07) is 6.47. The van der Waals surface area contributed by atoms with E-state index in [1.165, 1.54) is 0 Å². The third-order valence-electron chi connectivity index (χ3n) is 2.62. The summed E-state index contributed by atoms with van der Waals surface area (Å²) in [5, 5.41) is 0. The van der Waals surface area contributed by atoms with E-state index in [1.54, 1.807) is 24.5 Å². The van der Waals surface area contributed by atoms with Crippen LogP contribution in [-0.2, 0) is 6.42 Å². The molecule has 2 rings (SSSR count). The first kappa shape index (κ1) is 12.4. The molecule has 0 bridgehead atoms. The third-order valence-corrected chi connectivity index (χ3v) is 2.62. The predicted molar refractivity (Wildman–Crippen MR) is 63.2 cm³/mol. The average Bonchev–Trinajstić information content (AvgIpc) is 2.40. The van der Waals surface area contributed by atoms with Crippen molar-refractivity contribution in [3.05, 3.63) is 65.5 Å². The van der Waals surface area contributed by atoms with E-state index in [0.29, 0.717) is 6.42 Å². The van der Waals surface area contributed by atoms with Crippen molar-refractivity contribution in [2.24, 2.45) is 0 Å². The highest BCUT2D eigenvalue weighted by atomic mass is 19.1. The number of benzene rings is 1. The van der Waals surface area contributed by atoms with E-state index in [1.807, 2.05) is 0 Å². The minimum Gasteiger partial charge on any atom is -0.294 e. The minimum atomic E-state index is -0.684. The Balaban J connectivity index is 2.06. The number of nitrogens with zero attached hydrogens (tertiary/aromatic N) is 1. The number of rotatable bonds is 4. The van der Waals surface area contributed by atoms with Crippen LogP contribution >= 0.6 is 0 Å². The number of ketones is 1. The largest absolute Gasteiger partial charge is 0.294 e. The summed E-state index contributed by atoms with van der Waals surface area (Å²) in [5.74, 6) is -1.69. The van der Waals surface area contributed by atoms with E-state index in [4.69, 9.17) is 0 Å². The van der Waals surface area contributed by atoms with Crippen LogP contribution in [0.25, 0.3) is 0 Å². The van der Waals surface area contributed by atoms with Crippen LogP contribution in [0.2, 0.25) is 0 Å². The van der Waals surface area contributed by atoms with Crippen LogP contribution in [-0.4, -0.2) is 10.8 Å². The summed E-state index contributed by atoms with van der Waals surface area (Å²) in [4.78, 5) is 15.6.